The fourth-order valence-electron chi connectivity index (χ4n) is 1.62. The van der Waals surface area contributed by atoms with Crippen molar-refractivity contribution >= 4 is 10.1 Å². The number of hydrogen-bond donors (Lipinski definition) is 2. The van der Waals surface area contributed by atoms with Gasteiger partial charge in [-0.3, -0.25) is 9.89 Å². The summed E-state index contributed by atoms with van der Waals surface area (Å²) in [6, 6.07) is 8.43. The lowest BCUT2D eigenvalue weighted by atomic mass is 10.3. The summed E-state index contributed by atoms with van der Waals surface area (Å²) >= 11 is 0. The summed E-state index contributed by atoms with van der Waals surface area (Å²) in [5.41, 5.74) is -0.254. The molecule has 7 nitrogen and oxygen atoms in total. The Hall–Kier alpha value is -1.90. The quantitative estimate of drug-likeness (QED) is 0.630. The van der Waals surface area contributed by atoms with Gasteiger partial charge in [-0.2, -0.15) is 8.42 Å². The van der Waals surface area contributed by atoms with E-state index in [9.17, 15) is 13.2 Å². The normalized spacial score (nSPS) is 11.7. The van der Waals surface area contributed by atoms with Crippen LogP contribution < -0.4 is 5.56 Å². The molecule has 0 saturated heterocycles. The zero-order chi connectivity index (χ0) is 13.3. The maximum Gasteiger partial charge on any atom is 0.330 e. The number of para-hydroxylation sites is 1. The number of aromatic amines is 1. The van der Waals surface area contributed by atoms with Crippen molar-refractivity contribution in [2.45, 2.75) is 11.8 Å². The minimum atomic E-state index is -4.46. The third-order valence-electron chi connectivity index (χ3n) is 2.38. The van der Waals surface area contributed by atoms with Crippen LogP contribution in [0.2, 0.25) is 0 Å². The molecular formula is C10H10N2O5S. The van der Waals surface area contributed by atoms with Gasteiger partial charge >= 0.3 is 10.1 Å². The first-order valence-corrected chi connectivity index (χ1v) is 6.33. The SMILES string of the molecule is Cc1[nH]n(-c2ccccc2)c(=O)c1S(=O)(=O)OO. The molecule has 0 saturated carbocycles. The number of nitrogens with one attached hydrogen (secondary N) is 1. The molecule has 1 aromatic carbocycles. The van der Waals surface area contributed by atoms with Crippen molar-refractivity contribution in [1.82, 2.24) is 9.78 Å². The van der Waals surface area contributed by atoms with E-state index >= 15 is 0 Å². The fraction of sp³-hybridized carbons (Fsp3) is 0.100. The molecule has 0 unspecified atom stereocenters. The molecule has 0 amide bonds. The van der Waals surface area contributed by atoms with Crippen molar-refractivity contribution in [3.63, 3.8) is 0 Å². The van der Waals surface area contributed by atoms with Gasteiger partial charge in [-0.15, -0.1) is 4.33 Å². The molecule has 0 radical (unpaired) electrons. The number of nitrogens with zero attached hydrogens (tertiary/aromatic N) is 1. The second kappa shape index (κ2) is 4.41. The smallest absolute Gasteiger partial charge is 0.294 e. The number of aryl methyl sites for hydroxylation is 1. The molecule has 0 fully saturated rings. The molecule has 0 aliphatic carbocycles. The summed E-state index contributed by atoms with van der Waals surface area (Å²) in [4.78, 5) is 11.3. The number of aromatic nitrogens is 2. The van der Waals surface area contributed by atoms with Crippen LogP contribution in [-0.2, 0) is 14.5 Å². The fourth-order valence-corrected chi connectivity index (χ4v) is 2.42. The van der Waals surface area contributed by atoms with E-state index in [1.54, 1.807) is 30.3 Å². The summed E-state index contributed by atoms with van der Waals surface area (Å²) in [5, 5.41) is 10.9. The number of hydrogen-bond acceptors (Lipinski definition) is 5. The molecule has 0 atom stereocenters. The maximum atomic E-state index is 12.0. The van der Waals surface area contributed by atoms with Crippen molar-refractivity contribution in [3.8, 4) is 5.69 Å². The number of rotatable bonds is 3. The van der Waals surface area contributed by atoms with Crippen molar-refractivity contribution in [1.29, 1.82) is 0 Å². The standard InChI is InChI=1S/C10H10N2O5S/c1-7-9(18(15,16)17-14)10(13)12(11-7)8-5-3-2-4-6-8/h2-6,11,14H,1H3. The van der Waals surface area contributed by atoms with Gasteiger partial charge in [0, 0.05) is 0 Å². The van der Waals surface area contributed by atoms with Gasteiger partial charge in [0.25, 0.3) is 5.56 Å². The van der Waals surface area contributed by atoms with Crippen molar-refractivity contribution in [2.75, 3.05) is 0 Å². The first-order valence-electron chi connectivity index (χ1n) is 4.92. The first kappa shape index (κ1) is 12.6. The van der Waals surface area contributed by atoms with E-state index in [0.717, 1.165) is 4.68 Å². The second-order valence-corrected chi connectivity index (χ2v) is 5.04. The van der Waals surface area contributed by atoms with Gasteiger partial charge in [-0.1, -0.05) is 18.2 Å². The molecule has 2 N–H and O–H groups in total. The highest BCUT2D eigenvalue weighted by molar-refractivity contribution is 7.86. The van der Waals surface area contributed by atoms with Crippen molar-refractivity contribution in [3.05, 3.63) is 46.4 Å². The van der Waals surface area contributed by atoms with Gasteiger partial charge < -0.3 is 0 Å². The molecule has 0 spiro atoms. The summed E-state index contributed by atoms with van der Waals surface area (Å²) in [5.74, 6) is 0. The molecule has 0 bridgehead atoms. The predicted octanol–water partition coefficient (Wildman–Crippen LogP) is 0.652. The Morgan fingerprint density at radius 1 is 1.28 bits per heavy atom. The Morgan fingerprint density at radius 3 is 2.44 bits per heavy atom. The molecular weight excluding hydrogens is 260 g/mol. The van der Waals surface area contributed by atoms with E-state index in [2.05, 4.69) is 9.43 Å². The lowest BCUT2D eigenvalue weighted by Gasteiger charge is -1.99. The Balaban J connectivity index is 2.70. The monoisotopic (exact) mass is 270 g/mol. The molecule has 18 heavy (non-hydrogen) atoms. The summed E-state index contributed by atoms with van der Waals surface area (Å²) in [6.45, 7) is 1.40. The van der Waals surface area contributed by atoms with Crippen LogP contribution in [0.25, 0.3) is 5.69 Å². The van der Waals surface area contributed by atoms with E-state index in [0.29, 0.717) is 5.69 Å². The Morgan fingerprint density at radius 2 is 1.89 bits per heavy atom. The van der Waals surface area contributed by atoms with Crippen LogP contribution >= 0.6 is 0 Å². The zero-order valence-electron chi connectivity index (χ0n) is 9.32. The summed E-state index contributed by atoms with van der Waals surface area (Å²) < 4.78 is 27.2. The Bertz CT molecular complexity index is 714. The van der Waals surface area contributed by atoms with Crippen LogP contribution in [0.4, 0.5) is 0 Å². The minimum Gasteiger partial charge on any atom is -0.294 e. The van der Waals surface area contributed by atoms with Gasteiger partial charge in [0.15, 0.2) is 4.90 Å². The van der Waals surface area contributed by atoms with E-state index in [1.807, 2.05) is 0 Å². The molecule has 8 heteroatoms. The highest BCUT2D eigenvalue weighted by Crippen LogP contribution is 2.12. The van der Waals surface area contributed by atoms with Gasteiger partial charge in [0.05, 0.1) is 11.4 Å². The van der Waals surface area contributed by atoms with Crippen LogP contribution in [0.5, 0.6) is 0 Å². The average molecular weight is 270 g/mol. The minimum absolute atomic E-state index is 0.0814. The summed E-state index contributed by atoms with van der Waals surface area (Å²) in [6.07, 6.45) is 0. The molecule has 2 rings (SSSR count). The van der Waals surface area contributed by atoms with E-state index < -0.39 is 20.6 Å². The molecule has 1 heterocycles. The molecule has 2 aromatic rings. The highest BCUT2D eigenvalue weighted by atomic mass is 32.2. The highest BCUT2D eigenvalue weighted by Gasteiger charge is 2.26. The lowest BCUT2D eigenvalue weighted by Crippen LogP contribution is -2.20. The van der Waals surface area contributed by atoms with Gasteiger partial charge in [0.2, 0.25) is 0 Å². The first-order chi connectivity index (χ1) is 8.47. The van der Waals surface area contributed by atoms with Crippen molar-refractivity contribution < 1.29 is 18.0 Å². The largest absolute Gasteiger partial charge is 0.330 e. The number of H-pyrrole nitrogens is 1. The van der Waals surface area contributed by atoms with Gasteiger partial charge in [-0.25, -0.2) is 9.94 Å². The molecule has 1 aromatic heterocycles. The Labute approximate surface area is 102 Å². The van der Waals surface area contributed by atoms with Crippen LogP contribution in [0.15, 0.2) is 40.0 Å². The molecule has 0 aliphatic heterocycles. The Kier molecular flexibility index (Phi) is 3.07. The molecule has 0 aliphatic rings. The molecule has 96 valence electrons. The lowest BCUT2D eigenvalue weighted by molar-refractivity contribution is -0.130. The second-order valence-electron chi connectivity index (χ2n) is 3.57. The maximum absolute atomic E-state index is 12.0. The van der Waals surface area contributed by atoms with Crippen molar-refractivity contribution in [2.24, 2.45) is 0 Å². The van der Waals surface area contributed by atoms with Crippen LogP contribution in [0.3, 0.4) is 0 Å². The topological polar surface area (TPSA) is 101 Å². The van der Waals surface area contributed by atoms with Crippen LogP contribution in [0, 0.1) is 6.92 Å². The third kappa shape index (κ3) is 1.96. The predicted molar refractivity (Wildman–Crippen MR) is 62.0 cm³/mol. The zero-order valence-corrected chi connectivity index (χ0v) is 10.1. The average Bonchev–Trinajstić information content (AvgIpc) is 2.66. The third-order valence-corrected chi connectivity index (χ3v) is 3.56. The van der Waals surface area contributed by atoms with Crippen LogP contribution in [0.1, 0.15) is 5.69 Å². The van der Waals surface area contributed by atoms with Crippen LogP contribution in [-0.4, -0.2) is 23.5 Å². The number of benzene rings is 1. The van der Waals surface area contributed by atoms with E-state index in [4.69, 9.17) is 5.26 Å². The van der Waals surface area contributed by atoms with Gasteiger partial charge in [-0.05, 0) is 19.1 Å². The summed E-state index contributed by atoms with van der Waals surface area (Å²) in [7, 11) is -4.46. The van der Waals surface area contributed by atoms with E-state index in [1.165, 1.54) is 6.92 Å². The van der Waals surface area contributed by atoms with Gasteiger partial charge in [0.1, 0.15) is 0 Å². The van der Waals surface area contributed by atoms with E-state index in [-0.39, 0.29) is 5.69 Å².